The minimum absolute atomic E-state index is 0.165. The van der Waals surface area contributed by atoms with Crippen LogP contribution < -0.4 is 0 Å². The van der Waals surface area contributed by atoms with E-state index in [1.165, 1.54) is 0 Å². The molecule has 0 bridgehead atoms. The van der Waals surface area contributed by atoms with E-state index in [0.717, 1.165) is 39.5 Å². The normalized spacial score (nSPS) is 12.4. The molecule has 0 spiro atoms. The van der Waals surface area contributed by atoms with E-state index >= 15 is 0 Å². The Balaban J connectivity index is 0. The standard InChI is InChI=1S/C14H28O3.C4H6O4/c1-13(2,3)10-8-7-9-11(12(15)17-16)14(4,5)6;1-3(5)7-8-4(2)6/h11,16H,7-10H2,1-6H3;1-2H3. The molecule has 25 heavy (non-hydrogen) atoms. The lowest BCUT2D eigenvalue weighted by Crippen LogP contribution is -2.29. The number of rotatable bonds is 5. The molecule has 0 aromatic carbocycles. The van der Waals surface area contributed by atoms with Gasteiger partial charge >= 0.3 is 17.9 Å². The van der Waals surface area contributed by atoms with E-state index in [-0.39, 0.29) is 11.3 Å². The van der Waals surface area contributed by atoms with Crippen LogP contribution in [-0.2, 0) is 29.0 Å². The van der Waals surface area contributed by atoms with Crippen molar-refractivity contribution >= 4 is 17.9 Å². The van der Waals surface area contributed by atoms with Gasteiger partial charge in [-0.15, -0.1) is 0 Å². The third kappa shape index (κ3) is 17.0. The summed E-state index contributed by atoms with van der Waals surface area (Å²) < 4.78 is 0. The van der Waals surface area contributed by atoms with Gasteiger partial charge in [0.25, 0.3) is 0 Å². The van der Waals surface area contributed by atoms with Crippen molar-refractivity contribution in [3.63, 3.8) is 0 Å². The van der Waals surface area contributed by atoms with Gasteiger partial charge in [0.1, 0.15) is 0 Å². The Morgan fingerprint density at radius 2 is 1.32 bits per heavy atom. The van der Waals surface area contributed by atoms with Crippen LogP contribution in [0.1, 0.15) is 81.1 Å². The molecule has 0 fully saturated rings. The molecular formula is C18H34O7. The molecule has 0 amide bonds. The molecule has 0 saturated heterocycles. The monoisotopic (exact) mass is 362 g/mol. The van der Waals surface area contributed by atoms with Gasteiger partial charge in [-0.05, 0) is 23.7 Å². The number of unbranched alkanes of at least 4 members (excludes halogenated alkanes) is 1. The molecular weight excluding hydrogens is 328 g/mol. The summed E-state index contributed by atoms with van der Waals surface area (Å²) in [5.41, 5.74) is 0.177. The van der Waals surface area contributed by atoms with Gasteiger partial charge in [0.05, 0.1) is 5.92 Å². The molecule has 1 unspecified atom stereocenters. The first-order valence-electron chi connectivity index (χ1n) is 8.41. The lowest BCUT2D eigenvalue weighted by atomic mass is 9.77. The van der Waals surface area contributed by atoms with Crippen molar-refractivity contribution < 1.29 is 34.3 Å². The third-order valence-corrected chi connectivity index (χ3v) is 3.37. The average molecular weight is 362 g/mol. The molecule has 1 atom stereocenters. The van der Waals surface area contributed by atoms with Crippen molar-refractivity contribution in [3.8, 4) is 0 Å². The molecule has 7 nitrogen and oxygen atoms in total. The lowest BCUT2D eigenvalue weighted by molar-refractivity contribution is -0.255. The van der Waals surface area contributed by atoms with Crippen LogP contribution >= 0.6 is 0 Å². The Morgan fingerprint density at radius 1 is 0.880 bits per heavy atom. The minimum atomic E-state index is -0.639. The largest absolute Gasteiger partial charge is 0.352 e. The summed E-state index contributed by atoms with van der Waals surface area (Å²) in [4.78, 5) is 42.7. The Kier molecular flexibility index (Phi) is 12.1. The molecule has 0 aromatic heterocycles. The maximum absolute atomic E-state index is 11.5. The molecule has 0 aliphatic heterocycles. The SMILES string of the molecule is CC(=O)OOC(C)=O.CC(C)(C)CCCCC(C(=O)OO)C(C)(C)C. The van der Waals surface area contributed by atoms with Gasteiger partial charge < -0.3 is 4.89 Å². The van der Waals surface area contributed by atoms with Crippen LogP contribution in [0.2, 0.25) is 0 Å². The predicted octanol–water partition coefficient (Wildman–Crippen LogP) is 4.30. The first-order chi connectivity index (χ1) is 11.2. The highest BCUT2D eigenvalue weighted by Crippen LogP contribution is 2.32. The fourth-order valence-corrected chi connectivity index (χ4v) is 2.09. The maximum Gasteiger partial charge on any atom is 0.352 e. The van der Waals surface area contributed by atoms with Gasteiger partial charge in [-0.3, -0.25) is 0 Å². The predicted molar refractivity (Wildman–Crippen MR) is 93.1 cm³/mol. The second-order valence-corrected chi connectivity index (χ2v) is 8.29. The van der Waals surface area contributed by atoms with Crippen LogP contribution in [0.4, 0.5) is 0 Å². The molecule has 148 valence electrons. The van der Waals surface area contributed by atoms with Gasteiger partial charge in [0.15, 0.2) is 0 Å². The Bertz CT molecular complexity index is 402. The highest BCUT2D eigenvalue weighted by Gasteiger charge is 2.32. The van der Waals surface area contributed by atoms with Crippen LogP contribution in [0.5, 0.6) is 0 Å². The average Bonchev–Trinajstić information content (AvgIpc) is 2.42. The molecule has 0 heterocycles. The number of carbonyl (C=O) groups excluding carboxylic acids is 3. The van der Waals surface area contributed by atoms with E-state index in [9.17, 15) is 14.4 Å². The van der Waals surface area contributed by atoms with Crippen molar-refractivity contribution in [2.45, 2.75) is 81.1 Å². The molecule has 0 aromatic rings. The number of hydrogen-bond donors (Lipinski definition) is 1. The lowest BCUT2D eigenvalue weighted by Gasteiger charge is -2.28. The summed E-state index contributed by atoms with van der Waals surface area (Å²) in [7, 11) is 0. The highest BCUT2D eigenvalue weighted by atomic mass is 17.2. The van der Waals surface area contributed by atoms with E-state index in [1.54, 1.807) is 0 Å². The fraction of sp³-hybridized carbons (Fsp3) is 0.833. The quantitative estimate of drug-likeness (QED) is 0.442. The van der Waals surface area contributed by atoms with Crippen molar-refractivity contribution in [2.24, 2.45) is 16.7 Å². The van der Waals surface area contributed by atoms with Crippen LogP contribution in [0.25, 0.3) is 0 Å². The Hall–Kier alpha value is -1.63. The van der Waals surface area contributed by atoms with Gasteiger partial charge in [0.2, 0.25) is 0 Å². The van der Waals surface area contributed by atoms with Gasteiger partial charge in [-0.1, -0.05) is 54.4 Å². The molecule has 7 heteroatoms. The zero-order valence-electron chi connectivity index (χ0n) is 16.8. The van der Waals surface area contributed by atoms with Crippen molar-refractivity contribution in [1.29, 1.82) is 0 Å². The van der Waals surface area contributed by atoms with Crippen molar-refractivity contribution in [1.82, 2.24) is 0 Å². The molecule has 0 saturated carbocycles. The zero-order chi connectivity index (χ0) is 20.3. The van der Waals surface area contributed by atoms with Crippen molar-refractivity contribution in [2.75, 3.05) is 0 Å². The third-order valence-electron chi connectivity index (χ3n) is 3.37. The van der Waals surface area contributed by atoms with E-state index in [2.05, 4.69) is 35.4 Å². The smallest absolute Gasteiger partial charge is 0.301 e. The number of hydrogen-bond acceptors (Lipinski definition) is 7. The van der Waals surface area contributed by atoms with Gasteiger partial charge in [-0.25, -0.2) is 24.2 Å². The summed E-state index contributed by atoms with van der Waals surface area (Å²) in [6.07, 6.45) is 4.03. The summed E-state index contributed by atoms with van der Waals surface area (Å²) in [5.74, 6) is -2.01. The maximum atomic E-state index is 11.5. The Morgan fingerprint density at radius 3 is 1.60 bits per heavy atom. The second kappa shape index (κ2) is 11.8. The van der Waals surface area contributed by atoms with E-state index in [0.29, 0.717) is 5.41 Å². The molecule has 0 aliphatic rings. The molecule has 1 N–H and O–H groups in total. The summed E-state index contributed by atoms with van der Waals surface area (Å²) >= 11 is 0. The van der Waals surface area contributed by atoms with E-state index in [4.69, 9.17) is 5.26 Å². The first-order valence-corrected chi connectivity index (χ1v) is 8.41. The molecule has 0 aliphatic carbocycles. The Labute approximate surface area is 150 Å². The zero-order valence-corrected chi connectivity index (χ0v) is 16.8. The second-order valence-electron chi connectivity index (χ2n) is 8.29. The summed E-state index contributed by atoms with van der Waals surface area (Å²) in [6.45, 7) is 14.9. The summed E-state index contributed by atoms with van der Waals surface area (Å²) in [6, 6.07) is 0. The van der Waals surface area contributed by atoms with Crippen molar-refractivity contribution in [3.05, 3.63) is 0 Å². The van der Waals surface area contributed by atoms with E-state index in [1.807, 2.05) is 20.8 Å². The molecule has 0 rings (SSSR count). The van der Waals surface area contributed by atoms with E-state index < -0.39 is 17.9 Å². The van der Waals surface area contributed by atoms with Gasteiger partial charge in [-0.2, -0.15) is 5.26 Å². The van der Waals surface area contributed by atoms with Gasteiger partial charge in [0, 0.05) is 13.8 Å². The highest BCUT2D eigenvalue weighted by molar-refractivity contribution is 5.72. The van der Waals surface area contributed by atoms with Crippen LogP contribution in [0.3, 0.4) is 0 Å². The minimum Gasteiger partial charge on any atom is -0.301 e. The topological polar surface area (TPSA) is 99.1 Å². The molecule has 0 radical (unpaired) electrons. The van der Waals surface area contributed by atoms with Crippen LogP contribution in [0.15, 0.2) is 0 Å². The fourth-order valence-electron chi connectivity index (χ4n) is 2.09. The summed E-state index contributed by atoms with van der Waals surface area (Å²) in [5, 5.41) is 8.50. The first kappa shape index (κ1) is 25.6. The number of carbonyl (C=O) groups is 3. The van der Waals surface area contributed by atoms with Crippen LogP contribution in [-0.4, -0.2) is 23.2 Å². The van der Waals surface area contributed by atoms with Crippen LogP contribution in [0, 0.1) is 16.7 Å².